The molecule has 2 aromatic rings. The van der Waals surface area contributed by atoms with Gasteiger partial charge in [0.25, 0.3) is 0 Å². The van der Waals surface area contributed by atoms with E-state index in [4.69, 9.17) is 23.2 Å². The van der Waals surface area contributed by atoms with Crippen molar-refractivity contribution in [2.45, 2.75) is 39.3 Å². The van der Waals surface area contributed by atoms with Gasteiger partial charge in [0.15, 0.2) is 0 Å². The number of carbonyl (C=O) groups excluding carboxylic acids is 2. The lowest BCUT2D eigenvalue weighted by molar-refractivity contribution is -0.140. The van der Waals surface area contributed by atoms with Crippen molar-refractivity contribution in [3.63, 3.8) is 0 Å². The highest BCUT2D eigenvalue weighted by Crippen LogP contribution is 2.27. The van der Waals surface area contributed by atoms with E-state index in [1.54, 1.807) is 30.1 Å². The van der Waals surface area contributed by atoms with Gasteiger partial charge in [-0.1, -0.05) is 60.5 Å². The van der Waals surface area contributed by atoms with Crippen molar-refractivity contribution >= 4 is 35.0 Å². The predicted molar refractivity (Wildman–Crippen MR) is 110 cm³/mol. The first kappa shape index (κ1) is 21.3. The van der Waals surface area contributed by atoms with E-state index in [2.05, 4.69) is 5.32 Å². The zero-order valence-corrected chi connectivity index (χ0v) is 17.3. The summed E-state index contributed by atoms with van der Waals surface area (Å²) in [6.07, 6.45) is 0.698. The zero-order chi connectivity index (χ0) is 20.0. The molecule has 6 heteroatoms. The molecular formula is C21H24Cl2N2O2. The molecular weight excluding hydrogens is 383 g/mol. The third-order valence-electron chi connectivity index (χ3n) is 4.63. The van der Waals surface area contributed by atoms with Crippen molar-refractivity contribution in [2.24, 2.45) is 0 Å². The van der Waals surface area contributed by atoms with Crippen LogP contribution in [0, 0.1) is 6.92 Å². The summed E-state index contributed by atoms with van der Waals surface area (Å²) in [5.41, 5.74) is 2.61. The first-order chi connectivity index (χ1) is 12.9. The van der Waals surface area contributed by atoms with Crippen molar-refractivity contribution < 1.29 is 9.59 Å². The summed E-state index contributed by atoms with van der Waals surface area (Å²) in [6, 6.07) is 12.3. The third-order valence-corrected chi connectivity index (χ3v) is 5.33. The van der Waals surface area contributed by atoms with Crippen LogP contribution in [0.4, 0.5) is 0 Å². The molecule has 0 aliphatic rings. The quantitative estimate of drug-likeness (QED) is 0.740. The number of benzene rings is 2. The number of likely N-dealkylation sites (N-methyl/N-ethyl adjacent to an activating group) is 1. The molecule has 0 saturated carbocycles. The molecule has 4 nitrogen and oxygen atoms in total. The molecule has 0 fully saturated rings. The highest BCUT2D eigenvalue weighted by molar-refractivity contribution is 6.36. The Hall–Kier alpha value is -2.04. The second-order valence-corrected chi connectivity index (χ2v) is 7.18. The van der Waals surface area contributed by atoms with E-state index in [1.165, 1.54) is 0 Å². The molecule has 1 N–H and O–H groups in total. The number of amides is 2. The van der Waals surface area contributed by atoms with Crippen LogP contribution in [0.1, 0.15) is 30.0 Å². The van der Waals surface area contributed by atoms with E-state index >= 15 is 0 Å². The Morgan fingerprint density at radius 2 is 1.70 bits per heavy atom. The Bertz CT molecular complexity index is 803. The van der Waals surface area contributed by atoms with Crippen molar-refractivity contribution in [1.29, 1.82) is 0 Å². The summed E-state index contributed by atoms with van der Waals surface area (Å²) < 4.78 is 0. The fraction of sp³-hybridized carbons (Fsp3) is 0.333. The van der Waals surface area contributed by atoms with Crippen molar-refractivity contribution in [3.8, 4) is 0 Å². The zero-order valence-electron chi connectivity index (χ0n) is 15.8. The van der Waals surface area contributed by atoms with E-state index in [0.29, 0.717) is 22.0 Å². The molecule has 0 aliphatic carbocycles. The molecule has 27 heavy (non-hydrogen) atoms. The van der Waals surface area contributed by atoms with Gasteiger partial charge in [-0.15, -0.1) is 0 Å². The van der Waals surface area contributed by atoms with Crippen LogP contribution in [0.15, 0.2) is 42.5 Å². The van der Waals surface area contributed by atoms with Crippen molar-refractivity contribution in [3.05, 3.63) is 69.2 Å². The van der Waals surface area contributed by atoms with E-state index in [1.807, 2.05) is 38.1 Å². The Balaban J connectivity index is 2.38. The lowest BCUT2D eigenvalue weighted by Crippen LogP contribution is -2.48. The first-order valence-corrected chi connectivity index (χ1v) is 9.63. The van der Waals surface area contributed by atoms with Gasteiger partial charge in [0, 0.05) is 29.2 Å². The monoisotopic (exact) mass is 406 g/mol. The molecule has 2 rings (SSSR count). The Morgan fingerprint density at radius 3 is 2.26 bits per heavy atom. The molecule has 0 bridgehead atoms. The summed E-state index contributed by atoms with van der Waals surface area (Å²) >= 11 is 12.6. The van der Waals surface area contributed by atoms with E-state index < -0.39 is 6.04 Å². The molecule has 2 aromatic carbocycles. The van der Waals surface area contributed by atoms with Crippen LogP contribution in [0.25, 0.3) is 0 Å². The Labute approximate surface area is 170 Å². The van der Waals surface area contributed by atoms with E-state index in [-0.39, 0.29) is 24.8 Å². The third kappa shape index (κ3) is 5.24. The smallest absolute Gasteiger partial charge is 0.242 e. The van der Waals surface area contributed by atoms with Gasteiger partial charge in [-0.25, -0.2) is 0 Å². The minimum absolute atomic E-state index is 0.143. The number of nitrogens with zero attached hydrogens (tertiary/aromatic N) is 1. The highest BCUT2D eigenvalue weighted by atomic mass is 35.5. The van der Waals surface area contributed by atoms with Gasteiger partial charge >= 0.3 is 0 Å². The SMILES string of the molecule is CC[C@@H](C(=O)NC)N(Cc1c(Cl)cccc1Cl)C(=O)Cc1ccccc1C. The molecule has 0 heterocycles. The Kier molecular flexibility index (Phi) is 7.69. The van der Waals surface area contributed by atoms with Crippen LogP contribution in [0.3, 0.4) is 0 Å². The van der Waals surface area contributed by atoms with Gasteiger partial charge in [0.1, 0.15) is 6.04 Å². The minimum Gasteiger partial charge on any atom is -0.357 e. The summed E-state index contributed by atoms with van der Waals surface area (Å²) in [5, 5.41) is 3.59. The number of aryl methyl sites for hydroxylation is 1. The Morgan fingerprint density at radius 1 is 1.07 bits per heavy atom. The fourth-order valence-corrected chi connectivity index (χ4v) is 3.53. The molecule has 0 unspecified atom stereocenters. The number of carbonyl (C=O) groups is 2. The van der Waals surface area contributed by atoms with Crippen molar-refractivity contribution in [1.82, 2.24) is 10.2 Å². The number of rotatable bonds is 7. The number of hydrogen-bond donors (Lipinski definition) is 1. The standard InChI is InChI=1S/C21H24Cl2N2O2/c1-4-19(21(27)24-3)25(13-16-17(22)10-7-11-18(16)23)20(26)12-15-9-6-5-8-14(15)2/h5-11,19H,4,12-13H2,1-3H3,(H,24,27)/t19-/m0/s1. The van der Waals surface area contributed by atoms with Gasteiger partial charge < -0.3 is 10.2 Å². The van der Waals surface area contributed by atoms with Crippen molar-refractivity contribution in [2.75, 3.05) is 7.05 Å². The van der Waals surface area contributed by atoms with Gasteiger partial charge in [0.2, 0.25) is 11.8 Å². The average molecular weight is 407 g/mol. The second kappa shape index (κ2) is 9.77. The summed E-state index contributed by atoms with van der Waals surface area (Å²) in [6.45, 7) is 4.02. The normalized spacial score (nSPS) is 11.7. The maximum atomic E-state index is 13.2. The first-order valence-electron chi connectivity index (χ1n) is 8.87. The van der Waals surface area contributed by atoms with Crippen LogP contribution < -0.4 is 5.32 Å². The van der Waals surface area contributed by atoms with Crippen LogP contribution in [0.5, 0.6) is 0 Å². The molecule has 144 valence electrons. The topological polar surface area (TPSA) is 49.4 Å². The largest absolute Gasteiger partial charge is 0.357 e. The second-order valence-electron chi connectivity index (χ2n) is 6.36. The molecule has 0 saturated heterocycles. The van der Waals surface area contributed by atoms with E-state index in [9.17, 15) is 9.59 Å². The molecule has 0 radical (unpaired) electrons. The summed E-state index contributed by atoms with van der Waals surface area (Å²) in [5.74, 6) is -0.352. The van der Waals surface area contributed by atoms with Gasteiger partial charge in [0.05, 0.1) is 6.42 Å². The maximum Gasteiger partial charge on any atom is 0.242 e. The molecule has 0 spiro atoms. The van der Waals surface area contributed by atoms with Gasteiger partial charge in [-0.3, -0.25) is 9.59 Å². The predicted octanol–water partition coefficient (Wildman–Crippen LogP) is 4.40. The van der Waals surface area contributed by atoms with Crippen LogP contribution >= 0.6 is 23.2 Å². The summed E-state index contributed by atoms with van der Waals surface area (Å²) in [4.78, 5) is 27.1. The van der Waals surface area contributed by atoms with E-state index in [0.717, 1.165) is 11.1 Å². The maximum absolute atomic E-state index is 13.2. The number of nitrogens with one attached hydrogen (secondary N) is 1. The molecule has 0 aromatic heterocycles. The number of hydrogen-bond acceptors (Lipinski definition) is 2. The molecule has 1 atom stereocenters. The average Bonchev–Trinajstić information content (AvgIpc) is 2.65. The van der Waals surface area contributed by atoms with Gasteiger partial charge in [-0.2, -0.15) is 0 Å². The lowest BCUT2D eigenvalue weighted by atomic mass is 10.0. The van der Waals surface area contributed by atoms with Gasteiger partial charge in [-0.05, 0) is 36.6 Å². The molecule has 2 amide bonds. The minimum atomic E-state index is -0.598. The highest BCUT2D eigenvalue weighted by Gasteiger charge is 2.29. The van der Waals surface area contributed by atoms with Crippen LogP contribution in [-0.4, -0.2) is 29.8 Å². The molecule has 0 aliphatic heterocycles. The fourth-order valence-electron chi connectivity index (χ4n) is 3.01. The number of halogens is 2. The summed E-state index contributed by atoms with van der Waals surface area (Å²) in [7, 11) is 1.57. The lowest BCUT2D eigenvalue weighted by Gasteiger charge is -2.31. The van der Waals surface area contributed by atoms with Crippen LogP contribution in [0.2, 0.25) is 10.0 Å². The van der Waals surface area contributed by atoms with Crippen LogP contribution in [-0.2, 0) is 22.6 Å².